The normalized spacial score (nSPS) is 13.0. The van der Waals surface area contributed by atoms with Crippen LogP contribution in [-0.4, -0.2) is 37.3 Å². The number of nitrogens with one attached hydrogen (secondary N) is 2. The summed E-state index contributed by atoms with van der Waals surface area (Å²) in [5.41, 5.74) is 1.66. The number of hydrogen-bond acceptors (Lipinski definition) is 6. The third kappa shape index (κ3) is 2.10. The zero-order chi connectivity index (χ0) is 16.8. The van der Waals surface area contributed by atoms with E-state index in [1.807, 2.05) is 6.92 Å². The van der Waals surface area contributed by atoms with E-state index in [1.54, 1.807) is 12.3 Å². The Balaban J connectivity index is 1.64. The van der Waals surface area contributed by atoms with Crippen molar-refractivity contribution in [1.29, 1.82) is 0 Å². The van der Waals surface area contributed by atoms with E-state index in [1.165, 1.54) is 22.7 Å². The summed E-state index contributed by atoms with van der Waals surface area (Å²) in [6, 6.07) is 6.20. The van der Waals surface area contributed by atoms with Gasteiger partial charge in [0.25, 0.3) is 23.5 Å². The van der Waals surface area contributed by atoms with Gasteiger partial charge in [-0.15, -0.1) is 5.10 Å². The molecule has 9 heteroatoms. The Bertz CT molecular complexity index is 1040. The fourth-order valence-corrected chi connectivity index (χ4v) is 2.44. The van der Waals surface area contributed by atoms with Gasteiger partial charge in [-0.05, 0) is 31.2 Å². The Kier molecular flexibility index (Phi) is 2.89. The molecule has 0 atom stereocenters. The summed E-state index contributed by atoms with van der Waals surface area (Å²) in [5.74, 6) is -1.20. The van der Waals surface area contributed by atoms with Crippen molar-refractivity contribution >= 4 is 29.2 Å². The van der Waals surface area contributed by atoms with Crippen molar-refractivity contribution in [2.24, 2.45) is 0 Å². The fraction of sp³-hybridized carbons (Fsp3) is 0.0667. The molecule has 0 saturated heterocycles. The Labute approximate surface area is 134 Å². The van der Waals surface area contributed by atoms with Crippen molar-refractivity contribution in [3.63, 3.8) is 0 Å². The molecule has 0 bridgehead atoms. The third-order valence-electron chi connectivity index (χ3n) is 3.63. The van der Waals surface area contributed by atoms with Gasteiger partial charge in [0.1, 0.15) is 0 Å². The summed E-state index contributed by atoms with van der Waals surface area (Å²) in [6.07, 6.45) is 1.58. The molecule has 2 aromatic heterocycles. The van der Waals surface area contributed by atoms with Crippen LogP contribution in [-0.2, 0) is 0 Å². The number of imide groups is 1. The number of benzene rings is 1. The number of aromatic nitrogens is 4. The molecule has 24 heavy (non-hydrogen) atoms. The van der Waals surface area contributed by atoms with Crippen LogP contribution in [0.3, 0.4) is 0 Å². The predicted molar refractivity (Wildman–Crippen MR) is 81.7 cm³/mol. The molecule has 9 nitrogen and oxygen atoms in total. The van der Waals surface area contributed by atoms with Crippen LogP contribution < -0.4 is 10.6 Å². The van der Waals surface area contributed by atoms with E-state index in [4.69, 9.17) is 0 Å². The van der Waals surface area contributed by atoms with Crippen molar-refractivity contribution < 1.29 is 14.4 Å². The summed E-state index contributed by atoms with van der Waals surface area (Å²) in [5, 5.41) is 8.90. The highest BCUT2D eigenvalue weighted by molar-refractivity contribution is 6.22. The maximum Gasteiger partial charge on any atom is 0.295 e. The van der Waals surface area contributed by atoms with Gasteiger partial charge < -0.3 is 5.32 Å². The van der Waals surface area contributed by atoms with E-state index in [0.29, 0.717) is 11.5 Å². The average molecular weight is 322 g/mol. The van der Waals surface area contributed by atoms with Gasteiger partial charge in [0, 0.05) is 17.6 Å². The summed E-state index contributed by atoms with van der Waals surface area (Å²) in [6.45, 7) is 1.82. The number of nitrogens with zero attached hydrogens (tertiary/aromatic N) is 4. The lowest BCUT2D eigenvalue weighted by Gasteiger charge is -2.03. The van der Waals surface area contributed by atoms with E-state index < -0.39 is 17.7 Å². The molecule has 4 rings (SSSR count). The van der Waals surface area contributed by atoms with Crippen LogP contribution >= 0.6 is 0 Å². The van der Waals surface area contributed by atoms with Gasteiger partial charge in [-0.3, -0.25) is 19.7 Å². The van der Waals surface area contributed by atoms with E-state index in [-0.39, 0.29) is 17.0 Å². The van der Waals surface area contributed by atoms with Crippen molar-refractivity contribution in [3.05, 3.63) is 53.1 Å². The molecule has 0 fully saturated rings. The third-order valence-corrected chi connectivity index (χ3v) is 3.63. The van der Waals surface area contributed by atoms with Crippen LogP contribution in [0.5, 0.6) is 0 Å². The van der Waals surface area contributed by atoms with Crippen molar-refractivity contribution in [3.8, 4) is 0 Å². The number of anilines is 1. The number of amides is 3. The Morgan fingerprint density at radius 3 is 2.75 bits per heavy atom. The lowest BCUT2D eigenvalue weighted by molar-refractivity contribution is 0.0878. The maximum absolute atomic E-state index is 12.3. The molecular formula is C15H10N6O3. The van der Waals surface area contributed by atoms with E-state index in [0.717, 1.165) is 5.69 Å². The second-order valence-corrected chi connectivity index (χ2v) is 5.23. The van der Waals surface area contributed by atoms with Crippen LogP contribution in [0.25, 0.3) is 5.78 Å². The van der Waals surface area contributed by atoms with Gasteiger partial charge in [-0.2, -0.15) is 4.98 Å². The molecule has 0 saturated carbocycles. The predicted octanol–water partition coefficient (Wildman–Crippen LogP) is 0.569. The average Bonchev–Trinajstić information content (AvgIpc) is 3.11. The highest BCUT2D eigenvalue weighted by atomic mass is 16.2. The first-order valence-corrected chi connectivity index (χ1v) is 7.02. The van der Waals surface area contributed by atoms with Gasteiger partial charge in [-0.1, -0.05) is 0 Å². The molecular weight excluding hydrogens is 312 g/mol. The standard InChI is InChI=1S/C15H10N6O3/c1-7-4-5-16-15-18-11(20-21(7)15)14(24)17-8-2-3-9-10(6-8)13(23)19-12(9)22/h2-6H,1H3,(H,17,24)(H,19,22,23). The van der Waals surface area contributed by atoms with Crippen LogP contribution in [0.4, 0.5) is 5.69 Å². The van der Waals surface area contributed by atoms with E-state index >= 15 is 0 Å². The van der Waals surface area contributed by atoms with Gasteiger partial charge in [0.2, 0.25) is 5.82 Å². The number of aryl methyl sites for hydroxylation is 1. The van der Waals surface area contributed by atoms with E-state index in [2.05, 4.69) is 25.7 Å². The summed E-state index contributed by atoms with van der Waals surface area (Å²) in [4.78, 5) is 43.6. The largest absolute Gasteiger partial charge is 0.319 e. The number of carbonyl (C=O) groups excluding carboxylic acids is 3. The Morgan fingerprint density at radius 1 is 1.17 bits per heavy atom. The molecule has 1 aliphatic rings. The quantitative estimate of drug-likeness (QED) is 0.666. The Morgan fingerprint density at radius 2 is 1.96 bits per heavy atom. The SMILES string of the molecule is Cc1ccnc2nc(C(=O)Nc3ccc4c(c3)C(=O)NC4=O)nn12. The van der Waals surface area contributed by atoms with Crippen molar-refractivity contribution in [2.45, 2.75) is 6.92 Å². The molecule has 3 aromatic rings. The van der Waals surface area contributed by atoms with Gasteiger partial charge in [0.15, 0.2) is 0 Å². The number of rotatable bonds is 2. The highest BCUT2D eigenvalue weighted by Crippen LogP contribution is 2.20. The summed E-state index contributed by atoms with van der Waals surface area (Å²) < 4.78 is 1.46. The molecule has 1 aromatic carbocycles. The first-order valence-electron chi connectivity index (χ1n) is 7.02. The highest BCUT2D eigenvalue weighted by Gasteiger charge is 2.27. The van der Waals surface area contributed by atoms with Gasteiger partial charge in [-0.25, -0.2) is 9.50 Å². The lowest BCUT2D eigenvalue weighted by atomic mass is 10.1. The summed E-state index contributed by atoms with van der Waals surface area (Å²) in [7, 11) is 0. The zero-order valence-electron chi connectivity index (χ0n) is 12.4. The maximum atomic E-state index is 12.3. The van der Waals surface area contributed by atoms with Crippen LogP contribution in [0.15, 0.2) is 30.5 Å². The fourth-order valence-electron chi connectivity index (χ4n) is 2.44. The smallest absolute Gasteiger partial charge is 0.295 e. The second kappa shape index (κ2) is 4.95. The lowest BCUT2D eigenvalue weighted by Crippen LogP contribution is -2.19. The minimum atomic E-state index is -0.537. The molecule has 3 heterocycles. The number of fused-ring (bicyclic) bond motifs is 2. The molecule has 0 aliphatic carbocycles. The van der Waals surface area contributed by atoms with Gasteiger partial charge >= 0.3 is 0 Å². The minimum absolute atomic E-state index is 0.0437. The van der Waals surface area contributed by atoms with Crippen LogP contribution in [0, 0.1) is 6.92 Å². The van der Waals surface area contributed by atoms with Crippen molar-refractivity contribution in [2.75, 3.05) is 5.32 Å². The first-order chi connectivity index (χ1) is 11.5. The molecule has 3 amide bonds. The van der Waals surface area contributed by atoms with Gasteiger partial charge in [0.05, 0.1) is 11.1 Å². The Hall–Kier alpha value is -3.62. The molecule has 0 radical (unpaired) electrons. The second-order valence-electron chi connectivity index (χ2n) is 5.23. The molecule has 2 N–H and O–H groups in total. The molecule has 1 aliphatic heterocycles. The summed E-state index contributed by atoms with van der Waals surface area (Å²) >= 11 is 0. The number of carbonyl (C=O) groups is 3. The van der Waals surface area contributed by atoms with Crippen LogP contribution in [0.1, 0.15) is 37.0 Å². The van der Waals surface area contributed by atoms with Crippen LogP contribution in [0.2, 0.25) is 0 Å². The number of hydrogen-bond donors (Lipinski definition) is 2. The minimum Gasteiger partial charge on any atom is -0.319 e. The molecule has 118 valence electrons. The topological polar surface area (TPSA) is 118 Å². The zero-order valence-corrected chi connectivity index (χ0v) is 12.4. The molecule has 0 unspecified atom stereocenters. The monoisotopic (exact) mass is 322 g/mol. The van der Waals surface area contributed by atoms with Crippen molar-refractivity contribution in [1.82, 2.24) is 24.9 Å². The van der Waals surface area contributed by atoms with E-state index in [9.17, 15) is 14.4 Å². The first kappa shape index (κ1) is 14.0. The molecule has 0 spiro atoms.